The fourth-order valence-electron chi connectivity index (χ4n) is 3.14. The molecule has 11 heteroatoms. The molecular formula is C28H21Cl3N6S2. The number of aryl methyl sites for hydroxylation is 2. The molecule has 0 saturated carbocycles. The van der Waals surface area contributed by atoms with E-state index in [0.29, 0.717) is 15.5 Å². The summed E-state index contributed by atoms with van der Waals surface area (Å²) in [6.07, 6.45) is 7.17. The molecule has 39 heavy (non-hydrogen) atoms. The van der Waals surface area contributed by atoms with E-state index in [1.807, 2.05) is 68.0 Å². The van der Waals surface area contributed by atoms with Crippen molar-refractivity contribution in [2.45, 2.75) is 13.8 Å². The predicted octanol–water partition coefficient (Wildman–Crippen LogP) is 9.13. The van der Waals surface area contributed by atoms with Crippen LogP contribution in [0, 0.1) is 13.8 Å². The standard InChI is InChI=1S/C14H10ClN3S.C9H8N2S.C5H3Cl2N/c1-9-13(11-5-2-6-12(15)18-11)19-14(17-9)10-4-3-7-16-8-10;1-7-6-12-9(11-7)8-3-2-4-10-5-8;6-4-2-1-3-5(7)8-4/h2-8H,1H3;2-6H,1H3;1-3H. The van der Waals surface area contributed by atoms with Crippen LogP contribution < -0.4 is 0 Å². The summed E-state index contributed by atoms with van der Waals surface area (Å²) in [5.74, 6) is 0. The van der Waals surface area contributed by atoms with E-state index in [4.69, 9.17) is 34.8 Å². The Morgan fingerprint density at radius 2 is 1.21 bits per heavy atom. The van der Waals surface area contributed by atoms with Gasteiger partial charge in [-0.15, -0.1) is 22.7 Å². The largest absolute Gasteiger partial charge is 0.264 e. The van der Waals surface area contributed by atoms with Crippen molar-refractivity contribution < 1.29 is 0 Å². The summed E-state index contributed by atoms with van der Waals surface area (Å²) in [6.45, 7) is 3.98. The molecular weight excluding hydrogens is 591 g/mol. The minimum absolute atomic E-state index is 0.428. The normalized spacial score (nSPS) is 10.2. The van der Waals surface area contributed by atoms with Gasteiger partial charge in [-0.25, -0.2) is 19.9 Å². The molecule has 196 valence electrons. The van der Waals surface area contributed by atoms with Crippen LogP contribution in [-0.2, 0) is 0 Å². The Bertz CT molecular complexity index is 1610. The van der Waals surface area contributed by atoms with Gasteiger partial charge in [0.05, 0.1) is 16.3 Å². The minimum Gasteiger partial charge on any atom is -0.264 e. The van der Waals surface area contributed by atoms with Gasteiger partial charge < -0.3 is 0 Å². The summed E-state index contributed by atoms with van der Waals surface area (Å²) >= 11 is 20.1. The molecule has 6 heterocycles. The molecule has 0 atom stereocenters. The van der Waals surface area contributed by atoms with E-state index >= 15 is 0 Å². The Hall–Kier alpha value is -3.27. The van der Waals surface area contributed by atoms with E-state index in [2.05, 4.69) is 29.9 Å². The van der Waals surface area contributed by atoms with Crippen LogP contribution in [0.3, 0.4) is 0 Å². The Labute approximate surface area is 249 Å². The van der Waals surface area contributed by atoms with Crippen LogP contribution in [0.15, 0.2) is 90.8 Å². The van der Waals surface area contributed by atoms with Crippen LogP contribution in [0.2, 0.25) is 15.5 Å². The Morgan fingerprint density at radius 1 is 0.615 bits per heavy atom. The van der Waals surface area contributed by atoms with Crippen molar-refractivity contribution in [3.63, 3.8) is 0 Å². The van der Waals surface area contributed by atoms with E-state index in [-0.39, 0.29) is 0 Å². The average molecular weight is 612 g/mol. The highest BCUT2D eigenvalue weighted by Crippen LogP contribution is 2.34. The first-order valence-electron chi connectivity index (χ1n) is 11.5. The number of pyridine rings is 4. The zero-order chi connectivity index (χ0) is 27.6. The van der Waals surface area contributed by atoms with E-state index in [1.54, 1.807) is 59.3 Å². The molecule has 0 saturated heterocycles. The maximum atomic E-state index is 5.93. The number of rotatable bonds is 3. The molecule has 0 aliphatic heterocycles. The lowest BCUT2D eigenvalue weighted by Gasteiger charge is -1.97. The van der Waals surface area contributed by atoms with Crippen LogP contribution >= 0.6 is 57.5 Å². The summed E-state index contributed by atoms with van der Waals surface area (Å²) in [7, 11) is 0. The molecule has 0 fully saturated rings. The SMILES string of the molecule is Cc1csc(-c2cccnc2)n1.Cc1nc(-c2cccnc2)sc1-c1cccc(Cl)n1.Clc1cccc(Cl)n1. The molecule has 0 amide bonds. The minimum atomic E-state index is 0.428. The highest BCUT2D eigenvalue weighted by molar-refractivity contribution is 7.18. The Morgan fingerprint density at radius 3 is 1.69 bits per heavy atom. The Balaban J connectivity index is 0.000000150. The topological polar surface area (TPSA) is 77.3 Å². The third-order valence-electron chi connectivity index (χ3n) is 4.86. The number of thiazole rings is 2. The van der Waals surface area contributed by atoms with E-state index < -0.39 is 0 Å². The van der Waals surface area contributed by atoms with Crippen molar-refractivity contribution in [3.05, 3.63) is 118 Å². The first kappa shape index (κ1) is 28.7. The lowest BCUT2D eigenvalue weighted by molar-refractivity contribution is 1.24. The maximum absolute atomic E-state index is 5.93. The zero-order valence-electron chi connectivity index (χ0n) is 20.8. The van der Waals surface area contributed by atoms with Crippen LogP contribution in [0.25, 0.3) is 31.7 Å². The summed E-state index contributed by atoms with van der Waals surface area (Å²) in [6, 6.07) is 18.6. The van der Waals surface area contributed by atoms with Crippen LogP contribution in [0.5, 0.6) is 0 Å². The van der Waals surface area contributed by atoms with Gasteiger partial charge in [0.1, 0.15) is 25.5 Å². The van der Waals surface area contributed by atoms with Gasteiger partial charge in [0.25, 0.3) is 0 Å². The van der Waals surface area contributed by atoms with Crippen LogP contribution in [0.4, 0.5) is 0 Å². The quantitative estimate of drug-likeness (QED) is 0.186. The van der Waals surface area contributed by atoms with Crippen molar-refractivity contribution in [3.8, 4) is 31.7 Å². The second kappa shape index (κ2) is 14.2. The van der Waals surface area contributed by atoms with Crippen molar-refractivity contribution in [1.82, 2.24) is 29.9 Å². The van der Waals surface area contributed by atoms with Gasteiger partial charge >= 0.3 is 0 Å². The molecule has 0 N–H and O–H groups in total. The lowest BCUT2D eigenvalue weighted by atomic mass is 10.2. The molecule has 6 rings (SSSR count). The Kier molecular flexibility index (Phi) is 10.5. The molecule has 0 bridgehead atoms. The summed E-state index contributed by atoms with van der Waals surface area (Å²) in [4.78, 5) is 26.2. The van der Waals surface area contributed by atoms with E-state index in [9.17, 15) is 0 Å². The van der Waals surface area contributed by atoms with Gasteiger partial charge in [0, 0.05) is 47.0 Å². The maximum Gasteiger partial charge on any atom is 0.130 e. The molecule has 6 aromatic heterocycles. The second-order valence-electron chi connectivity index (χ2n) is 7.84. The lowest BCUT2D eigenvalue weighted by Crippen LogP contribution is -1.83. The number of hydrogen-bond acceptors (Lipinski definition) is 8. The van der Waals surface area contributed by atoms with Gasteiger partial charge in [-0.2, -0.15) is 0 Å². The summed E-state index contributed by atoms with van der Waals surface area (Å²) in [5.41, 5.74) is 4.99. The highest BCUT2D eigenvalue weighted by Gasteiger charge is 2.12. The van der Waals surface area contributed by atoms with Crippen molar-refractivity contribution in [1.29, 1.82) is 0 Å². The first-order valence-corrected chi connectivity index (χ1v) is 14.3. The summed E-state index contributed by atoms with van der Waals surface area (Å²) < 4.78 is 0. The molecule has 6 nitrogen and oxygen atoms in total. The average Bonchev–Trinajstić information content (AvgIpc) is 3.56. The molecule has 0 aliphatic carbocycles. The fourth-order valence-corrected chi connectivity index (χ4v) is 5.49. The monoisotopic (exact) mass is 610 g/mol. The third-order valence-corrected chi connectivity index (χ3v) is 7.73. The van der Waals surface area contributed by atoms with Gasteiger partial charge in [-0.1, -0.05) is 46.9 Å². The van der Waals surface area contributed by atoms with Crippen LogP contribution in [-0.4, -0.2) is 29.9 Å². The highest BCUT2D eigenvalue weighted by atomic mass is 35.5. The van der Waals surface area contributed by atoms with Crippen molar-refractivity contribution in [2.75, 3.05) is 0 Å². The predicted molar refractivity (Wildman–Crippen MR) is 163 cm³/mol. The smallest absolute Gasteiger partial charge is 0.130 e. The number of halogens is 3. The van der Waals surface area contributed by atoms with E-state index in [1.165, 1.54) is 0 Å². The van der Waals surface area contributed by atoms with Gasteiger partial charge in [0.15, 0.2) is 0 Å². The number of nitrogens with zero attached hydrogens (tertiary/aromatic N) is 6. The fraction of sp³-hybridized carbons (Fsp3) is 0.0714. The van der Waals surface area contributed by atoms with Gasteiger partial charge in [0.2, 0.25) is 0 Å². The first-order chi connectivity index (χ1) is 18.9. The third kappa shape index (κ3) is 8.61. The number of aromatic nitrogens is 6. The zero-order valence-corrected chi connectivity index (χ0v) is 24.7. The summed E-state index contributed by atoms with van der Waals surface area (Å²) in [5, 5.41) is 5.38. The van der Waals surface area contributed by atoms with E-state index in [0.717, 1.165) is 43.1 Å². The van der Waals surface area contributed by atoms with Crippen molar-refractivity contribution >= 4 is 57.5 Å². The molecule has 0 radical (unpaired) electrons. The molecule has 0 spiro atoms. The second-order valence-corrected chi connectivity index (χ2v) is 10.9. The van der Waals surface area contributed by atoms with Gasteiger partial charge in [-0.05, 0) is 62.4 Å². The molecule has 0 aliphatic rings. The molecule has 0 unspecified atom stereocenters. The number of hydrogen-bond donors (Lipinski definition) is 0. The van der Waals surface area contributed by atoms with Crippen LogP contribution in [0.1, 0.15) is 11.4 Å². The van der Waals surface area contributed by atoms with Gasteiger partial charge in [-0.3, -0.25) is 9.97 Å². The van der Waals surface area contributed by atoms with Crippen molar-refractivity contribution in [2.24, 2.45) is 0 Å². The molecule has 6 aromatic rings. The molecule has 0 aromatic carbocycles.